The molecule has 4 rings (SSSR count). The van der Waals surface area contributed by atoms with Gasteiger partial charge in [0, 0.05) is 44.2 Å². The number of aromatic nitrogens is 3. The van der Waals surface area contributed by atoms with Crippen LogP contribution in [0.4, 0.5) is 5.82 Å². The Bertz CT molecular complexity index is 608. The third-order valence-electron chi connectivity index (χ3n) is 4.44. The molecule has 0 N–H and O–H groups in total. The van der Waals surface area contributed by atoms with Crippen molar-refractivity contribution in [3.05, 3.63) is 42.6 Å². The van der Waals surface area contributed by atoms with Crippen molar-refractivity contribution in [3.8, 4) is 0 Å². The van der Waals surface area contributed by atoms with Crippen LogP contribution in [-0.2, 0) is 17.8 Å². The van der Waals surface area contributed by atoms with Gasteiger partial charge in [0.15, 0.2) is 0 Å². The SMILES string of the molecule is c1ccc(N2Cc3nccn3CC(COCC3CC3)C2)nc1. The van der Waals surface area contributed by atoms with Gasteiger partial charge in [0.05, 0.1) is 13.2 Å². The molecule has 5 nitrogen and oxygen atoms in total. The Morgan fingerprint density at radius 2 is 1.95 bits per heavy atom. The zero-order chi connectivity index (χ0) is 14.8. The summed E-state index contributed by atoms with van der Waals surface area (Å²) in [5.41, 5.74) is 0. The minimum absolute atomic E-state index is 0.469. The molecule has 1 fully saturated rings. The van der Waals surface area contributed by atoms with Gasteiger partial charge in [-0.1, -0.05) is 6.07 Å². The van der Waals surface area contributed by atoms with Crippen LogP contribution in [0.5, 0.6) is 0 Å². The lowest BCUT2D eigenvalue weighted by atomic mass is 10.1. The molecule has 5 heteroatoms. The summed E-state index contributed by atoms with van der Waals surface area (Å²) in [5.74, 6) is 3.42. The summed E-state index contributed by atoms with van der Waals surface area (Å²) in [7, 11) is 0. The lowest BCUT2D eigenvalue weighted by Gasteiger charge is -2.24. The predicted octanol–water partition coefficient (Wildman–Crippen LogP) is 2.34. The van der Waals surface area contributed by atoms with Crippen molar-refractivity contribution in [1.29, 1.82) is 0 Å². The number of nitrogens with zero attached hydrogens (tertiary/aromatic N) is 4. The third-order valence-corrected chi connectivity index (χ3v) is 4.44. The van der Waals surface area contributed by atoms with Gasteiger partial charge in [0.25, 0.3) is 0 Å². The fraction of sp³-hybridized carbons (Fsp3) is 0.529. The maximum absolute atomic E-state index is 5.95. The van der Waals surface area contributed by atoms with Crippen LogP contribution in [0.1, 0.15) is 18.7 Å². The highest BCUT2D eigenvalue weighted by atomic mass is 16.5. The average molecular weight is 298 g/mol. The molecule has 3 heterocycles. The Kier molecular flexibility index (Phi) is 3.81. The highest BCUT2D eigenvalue weighted by Crippen LogP contribution is 2.29. The largest absolute Gasteiger partial charge is 0.381 e. The van der Waals surface area contributed by atoms with Crippen LogP contribution >= 0.6 is 0 Å². The number of imidazole rings is 1. The number of hydrogen-bond acceptors (Lipinski definition) is 4. The van der Waals surface area contributed by atoms with Crippen LogP contribution in [-0.4, -0.2) is 34.3 Å². The van der Waals surface area contributed by atoms with Gasteiger partial charge >= 0.3 is 0 Å². The maximum Gasteiger partial charge on any atom is 0.128 e. The monoisotopic (exact) mass is 298 g/mol. The Morgan fingerprint density at radius 3 is 2.77 bits per heavy atom. The zero-order valence-electron chi connectivity index (χ0n) is 12.8. The highest BCUT2D eigenvalue weighted by molar-refractivity contribution is 5.38. The first-order valence-electron chi connectivity index (χ1n) is 8.12. The molecule has 1 unspecified atom stereocenters. The molecular formula is C17H22N4O. The lowest BCUT2D eigenvalue weighted by Crippen LogP contribution is -2.31. The third kappa shape index (κ3) is 3.14. The molecule has 22 heavy (non-hydrogen) atoms. The first-order valence-corrected chi connectivity index (χ1v) is 8.12. The molecule has 1 aliphatic heterocycles. The molecule has 1 saturated carbocycles. The zero-order valence-corrected chi connectivity index (χ0v) is 12.8. The van der Waals surface area contributed by atoms with Gasteiger partial charge in [0.1, 0.15) is 11.6 Å². The van der Waals surface area contributed by atoms with Gasteiger partial charge < -0.3 is 14.2 Å². The van der Waals surface area contributed by atoms with Crippen LogP contribution in [0.15, 0.2) is 36.8 Å². The Labute approximate surface area is 130 Å². The molecule has 116 valence electrons. The van der Waals surface area contributed by atoms with E-state index >= 15 is 0 Å². The number of ether oxygens (including phenoxy) is 1. The first-order chi connectivity index (χ1) is 10.9. The number of hydrogen-bond donors (Lipinski definition) is 0. The minimum Gasteiger partial charge on any atom is -0.381 e. The molecular weight excluding hydrogens is 276 g/mol. The topological polar surface area (TPSA) is 43.2 Å². The van der Waals surface area contributed by atoms with Gasteiger partial charge in [-0.15, -0.1) is 0 Å². The molecule has 0 spiro atoms. The van der Waals surface area contributed by atoms with Crippen LogP contribution in [0, 0.1) is 11.8 Å². The minimum atomic E-state index is 0.469. The second-order valence-electron chi connectivity index (χ2n) is 6.41. The smallest absolute Gasteiger partial charge is 0.128 e. The summed E-state index contributed by atoms with van der Waals surface area (Å²) in [5, 5.41) is 0. The van der Waals surface area contributed by atoms with Gasteiger partial charge in [-0.3, -0.25) is 0 Å². The molecule has 0 saturated heterocycles. The molecule has 0 radical (unpaired) electrons. The molecule has 1 atom stereocenters. The standard InChI is InChI=1S/C17H22N4O/c1-2-6-18-16(3-1)21-10-15(13-22-12-14-4-5-14)9-20-8-7-19-17(20)11-21/h1-3,6-8,14-15H,4-5,9-13H2. The van der Waals surface area contributed by atoms with Crippen LogP contribution < -0.4 is 4.90 Å². The van der Waals surface area contributed by atoms with E-state index in [4.69, 9.17) is 4.74 Å². The van der Waals surface area contributed by atoms with Crippen molar-refractivity contribution in [2.45, 2.75) is 25.9 Å². The van der Waals surface area contributed by atoms with Crippen molar-refractivity contribution in [3.63, 3.8) is 0 Å². The molecule has 2 aliphatic rings. The van der Waals surface area contributed by atoms with E-state index in [2.05, 4.69) is 31.7 Å². The fourth-order valence-corrected chi connectivity index (χ4v) is 3.05. The summed E-state index contributed by atoms with van der Waals surface area (Å²) in [6, 6.07) is 6.07. The maximum atomic E-state index is 5.95. The lowest BCUT2D eigenvalue weighted by molar-refractivity contribution is 0.0883. The van der Waals surface area contributed by atoms with Gasteiger partial charge in [-0.25, -0.2) is 9.97 Å². The van der Waals surface area contributed by atoms with Crippen LogP contribution in [0.3, 0.4) is 0 Å². The predicted molar refractivity (Wildman–Crippen MR) is 84.5 cm³/mol. The quantitative estimate of drug-likeness (QED) is 0.850. The molecule has 2 aromatic rings. The van der Waals surface area contributed by atoms with Crippen LogP contribution in [0.25, 0.3) is 0 Å². The Hall–Kier alpha value is -1.88. The summed E-state index contributed by atoms with van der Waals surface area (Å²) in [6.45, 7) is 4.49. The van der Waals surface area contributed by atoms with E-state index < -0.39 is 0 Å². The van der Waals surface area contributed by atoms with Gasteiger partial charge in [-0.2, -0.15) is 0 Å². The second kappa shape index (κ2) is 6.08. The normalized spacial score (nSPS) is 21.5. The highest BCUT2D eigenvalue weighted by Gasteiger charge is 2.25. The van der Waals surface area contributed by atoms with E-state index in [0.717, 1.165) is 50.4 Å². The van der Waals surface area contributed by atoms with Crippen molar-refractivity contribution in [2.24, 2.45) is 11.8 Å². The van der Waals surface area contributed by atoms with Crippen molar-refractivity contribution >= 4 is 5.82 Å². The summed E-state index contributed by atoms with van der Waals surface area (Å²) < 4.78 is 8.21. The summed E-state index contributed by atoms with van der Waals surface area (Å²) in [4.78, 5) is 11.3. The van der Waals surface area contributed by atoms with E-state index in [1.54, 1.807) is 0 Å². The van der Waals surface area contributed by atoms with E-state index in [1.165, 1.54) is 12.8 Å². The Morgan fingerprint density at radius 1 is 1.05 bits per heavy atom. The summed E-state index contributed by atoms with van der Waals surface area (Å²) in [6.07, 6.45) is 8.50. The Balaban J connectivity index is 1.49. The molecule has 1 aliphatic carbocycles. The van der Waals surface area contributed by atoms with Crippen molar-refractivity contribution in [2.75, 3.05) is 24.7 Å². The van der Waals surface area contributed by atoms with Gasteiger partial charge in [0.2, 0.25) is 0 Å². The number of rotatable bonds is 5. The first kappa shape index (κ1) is 13.8. The number of fused-ring (bicyclic) bond motifs is 1. The van der Waals surface area contributed by atoms with Crippen molar-refractivity contribution in [1.82, 2.24) is 14.5 Å². The average Bonchev–Trinajstić information content (AvgIpc) is 3.31. The molecule has 0 amide bonds. The van der Waals surface area contributed by atoms with Crippen molar-refractivity contribution < 1.29 is 4.74 Å². The number of pyridine rings is 1. The molecule has 0 bridgehead atoms. The van der Waals surface area contributed by atoms with E-state index in [1.807, 2.05) is 24.5 Å². The summed E-state index contributed by atoms with van der Waals surface area (Å²) >= 11 is 0. The number of anilines is 1. The second-order valence-corrected chi connectivity index (χ2v) is 6.41. The van der Waals surface area contributed by atoms with Crippen LogP contribution in [0.2, 0.25) is 0 Å². The van der Waals surface area contributed by atoms with E-state index in [0.29, 0.717) is 5.92 Å². The fourth-order valence-electron chi connectivity index (χ4n) is 3.05. The van der Waals surface area contributed by atoms with Gasteiger partial charge in [-0.05, 0) is 30.9 Å². The van der Waals surface area contributed by atoms with E-state index in [-0.39, 0.29) is 0 Å². The van der Waals surface area contributed by atoms with E-state index in [9.17, 15) is 0 Å². The molecule has 2 aromatic heterocycles. The molecule has 0 aromatic carbocycles.